The van der Waals surface area contributed by atoms with Crippen molar-refractivity contribution < 1.29 is 9.59 Å². The van der Waals surface area contributed by atoms with Crippen LogP contribution in [0, 0.1) is 6.92 Å². The minimum absolute atomic E-state index is 0.232. The van der Waals surface area contributed by atoms with Crippen LogP contribution in [0.25, 0.3) is 0 Å². The van der Waals surface area contributed by atoms with Crippen molar-refractivity contribution in [3.8, 4) is 0 Å². The molecule has 0 aliphatic heterocycles. The van der Waals surface area contributed by atoms with Gasteiger partial charge in [-0.3, -0.25) is 4.79 Å². The molecule has 2 aromatic rings. The Hall–Kier alpha value is -2.47. The third kappa shape index (κ3) is 5.96. The number of primary amides is 1. The third-order valence-corrected chi connectivity index (χ3v) is 4.36. The van der Waals surface area contributed by atoms with Crippen molar-refractivity contribution in [1.29, 1.82) is 0 Å². The van der Waals surface area contributed by atoms with Crippen LogP contribution in [0.4, 0.5) is 4.79 Å². The van der Waals surface area contributed by atoms with Crippen molar-refractivity contribution in [3.63, 3.8) is 0 Å². The first kappa shape index (κ1) is 17.9. The molecule has 0 aliphatic rings. The summed E-state index contributed by atoms with van der Waals surface area (Å²) in [5.74, 6) is 0.322. The molecule has 126 valence electrons. The standard InChI is InChI=1S/C18H21N3O2S/c1-13-5-7-16(8-6-13)24-10-9-20-18(23)21-12-14-3-2-4-15(11-14)17(19)22/h2-8,11H,9-10,12H2,1H3,(H2,19,22)(H2,20,21,23). The Morgan fingerprint density at radius 2 is 1.83 bits per heavy atom. The van der Waals surface area contributed by atoms with E-state index >= 15 is 0 Å². The van der Waals surface area contributed by atoms with Crippen molar-refractivity contribution in [2.45, 2.75) is 18.4 Å². The zero-order chi connectivity index (χ0) is 17.4. The zero-order valence-corrected chi connectivity index (χ0v) is 14.4. The van der Waals surface area contributed by atoms with E-state index in [1.165, 1.54) is 10.5 Å². The maximum atomic E-state index is 11.8. The van der Waals surface area contributed by atoms with Gasteiger partial charge in [0, 0.05) is 29.3 Å². The van der Waals surface area contributed by atoms with E-state index in [2.05, 4.69) is 41.8 Å². The van der Waals surface area contributed by atoms with Gasteiger partial charge in [-0.2, -0.15) is 0 Å². The molecule has 0 fully saturated rings. The number of hydrogen-bond donors (Lipinski definition) is 3. The second-order valence-electron chi connectivity index (χ2n) is 5.34. The second kappa shape index (κ2) is 8.98. The van der Waals surface area contributed by atoms with Gasteiger partial charge >= 0.3 is 6.03 Å². The van der Waals surface area contributed by atoms with Crippen molar-refractivity contribution in [1.82, 2.24) is 10.6 Å². The van der Waals surface area contributed by atoms with Crippen molar-refractivity contribution in [2.24, 2.45) is 5.73 Å². The monoisotopic (exact) mass is 343 g/mol. The summed E-state index contributed by atoms with van der Waals surface area (Å²) in [6, 6.07) is 15.0. The minimum atomic E-state index is -0.477. The number of urea groups is 1. The smallest absolute Gasteiger partial charge is 0.315 e. The predicted octanol–water partition coefficient (Wildman–Crippen LogP) is 2.69. The van der Waals surface area contributed by atoms with E-state index in [0.29, 0.717) is 18.7 Å². The largest absolute Gasteiger partial charge is 0.366 e. The van der Waals surface area contributed by atoms with Crippen LogP contribution >= 0.6 is 11.8 Å². The van der Waals surface area contributed by atoms with Crippen LogP contribution in [-0.4, -0.2) is 24.2 Å². The van der Waals surface area contributed by atoms with Crippen LogP contribution in [0.2, 0.25) is 0 Å². The van der Waals surface area contributed by atoms with Gasteiger partial charge in [0.2, 0.25) is 5.91 Å². The highest BCUT2D eigenvalue weighted by Crippen LogP contribution is 2.17. The van der Waals surface area contributed by atoms with E-state index in [4.69, 9.17) is 5.73 Å². The van der Waals surface area contributed by atoms with E-state index in [0.717, 1.165) is 11.3 Å². The molecule has 3 amide bonds. The number of aryl methyl sites for hydroxylation is 1. The first-order valence-electron chi connectivity index (χ1n) is 7.64. The molecule has 0 aromatic heterocycles. The van der Waals surface area contributed by atoms with E-state index in [1.54, 1.807) is 30.0 Å². The molecule has 6 heteroatoms. The fraction of sp³-hybridized carbons (Fsp3) is 0.222. The van der Waals surface area contributed by atoms with E-state index in [-0.39, 0.29) is 6.03 Å². The quantitative estimate of drug-likeness (QED) is 0.534. The van der Waals surface area contributed by atoms with Crippen molar-refractivity contribution in [3.05, 3.63) is 65.2 Å². The molecule has 0 bridgehead atoms. The number of rotatable bonds is 7. The summed E-state index contributed by atoms with van der Waals surface area (Å²) in [6.45, 7) is 2.98. The lowest BCUT2D eigenvalue weighted by Crippen LogP contribution is -2.36. The van der Waals surface area contributed by atoms with Gasteiger partial charge < -0.3 is 16.4 Å². The topological polar surface area (TPSA) is 84.2 Å². The first-order valence-corrected chi connectivity index (χ1v) is 8.63. The van der Waals surface area contributed by atoms with Crippen LogP contribution in [-0.2, 0) is 6.54 Å². The van der Waals surface area contributed by atoms with Crippen LogP contribution in [0.15, 0.2) is 53.4 Å². The zero-order valence-electron chi connectivity index (χ0n) is 13.5. The molecule has 2 aromatic carbocycles. The Morgan fingerprint density at radius 3 is 2.54 bits per heavy atom. The maximum Gasteiger partial charge on any atom is 0.315 e. The Bertz CT molecular complexity index is 702. The molecule has 0 aliphatic carbocycles. The summed E-state index contributed by atoms with van der Waals surface area (Å²) < 4.78 is 0. The summed E-state index contributed by atoms with van der Waals surface area (Å²) in [5.41, 5.74) is 7.73. The Kier molecular flexibility index (Phi) is 6.69. The summed E-state index contributed by atoms with van der Waals surface area (Å²) in [6.07, 6.45) is 0. The minimum Gasteiger partial charge on any atom is -0.366 e. The Morgan fingerprint density at radius 1 is 1.08 bits per heavy atom. The van der Waals surface area contributed by atoms with Crippen LogP contribution in [0.3, 0.4) is 0 Å². The van der Waals surface area contributed by atoms with Crippen LogP contribution in [0.1, 0.15) is 21.5 Å². The van der Waals surface area contributed by atoms with Gasteiger partial charge in [0.25, 0.3) is 0 Å². The maximum absolute atomic E-state index is 11.8. The Balaban J connectivity index is 1.67. The molecule has 5 nitrogen and oxygen atoms in total. The molecule has 4 N–H and O–H groups in total. The molecular formula is C18H21N3O2S. The number of benzene rings is 2. The highest BCUT2D eigenvalue weighted by atomic mass is 32.2. The molecule has 0 unspecified atom stereocenters. The molecule has 0 heterocycles. The molecule has 2 rings (SSSR count). The fourth-order valence-electron chi connectivity index (χ4n) is 2.05. The van der Waals surface area contributed by atoms with Crippen LogP contribution in [0.5, 0.6) is 0 Å². The summed E-state index contributed by atoms with van der Waals surface area (Å²) >= 11 is 1.70. The summed E-state index contributed by atoms with van der Waals surface area (Å²) in [7, 11) is 0. The lowest BCUT2D eigenvalue weighted by atomic mass is 10.1. The number of carbonyl (C=O) groups excluding carboxylic acids is 2. The number of hydrogen-bond acceptors (Lipinski definition) is 3. The van der Waals surface area contributed by atoms with Gasteiger partial charge in [-0.15, -0.1) is 11.8 Å². The summed E-state index contributed by atoms with van der Waals surface area (Å²) in [4.78, 5) is 24.1. The van der Waals surface area contributed by atoms with Gasteiger partial charge in [-0.05, 0) is 36.8 Å². The normalized spacial score (nSPS) is 10.2. The number of carbonyl (C=O) groups is 2. The average molecular weight is 343 g/mol. The Labute approximate surface area is 146 Å². The number of nitrogens with two attached hydrogens (primary N) is 1. The molecular weight excluding hydrogens is 322 g/mol. The first-order chi connectivity index (χ1) is 11.5. The lowest BCUT2D eigenvalue weighted by Gasteiger charge is -2.08. The van der Waals surface area contributed by atoms with Gasteiger partial charge in [-0.25, -0.2) is 4.79 Å². The molecule has 0 saturated heterocycles. The molecule has 24 heavy (non-hydrogen) atoms. The molecule has 0 atom stereocenters. The highest BCUT2D eigenvalue weighted by Gasteiger charge is 2.03. The molecule has 0 radical (unpaired) electrons. The van der Waals surface area contributed by atoms with Crippen LogP contribution < -0.4 is 16.4 Å². The highest BCUT2D eigenvalue weighted by molar-refractivity contribution is 7.99. The summed E-state index contributed by atoms with van der Waals surface area (Å²) in [5, 5.41) is 5.57. The van der Waals surface area contributed by atoms with Gasteiger partial charge in [-0.1, -0.05) is 29.8 Å². The molecule has 0 saturated carbocycles. The van der Waals surface area contributed by atoms with Gasteiger partial charge in [0.1, 0.15) is 0 Å². The van der Waals surface area contributed by atoms with E-state index in [1.807, 2.05) is 6.07 Å². The van der Waals surface area contributed by atoms with E-state index in [9.17, 15) is 9.59 Å². The second-order valence-corrected chi connectivity index (χ2v) is 6.50. The molecule has 0 spiro atoms. The lowest BCUT2D eigenvalue weighted by molar-refractivity contribution is 0.1000. The average Bonchev–Trinajstić information content (AvgIpc) is 2.58. The third-order valence-electron chi connectivity index (χ3n) is 3.34. The predicted molar refractivity (Wildman–Crippen MR) is 97.1 cm³/mol. The number of amides is 3. The van der Waals surface area contributed by atoms with E-state index < -0.39 is 5.91 Å². The van der Waals surface area contributed by atoms with Crippen molar-refractivity contribution >= 4 is 23.7 Å². The SMILES string of the molecule is Cc1ccc(SCCNC(=O)NCc2cccc(C(N)=O)c2)cc1. The number of nitrogens with one attached hydrogen (secondary N) is 2. The number of thioether (sulfide) groups is 1. The fourth-order valence-corrected chi connectivity index (χ4v) is 2.82. The van der Waals surface area contributed by atoms with Gasteiger partial charge in [0.15, 0.2) is 0 Å². The van der Waals surface area contributed by atoms with Gasteiger partial charge in [0.05, 0.1) is 0 Å². The van der Waals surface area contributed by atoms with Crippen molar-refractivity contribution in [2.75, 3.05) is 12.3 Å².